The van der Waals surface area contributed by atoms with Crippen LogP contribution in [0.2, 0.25) is 13.3 Å². The Morgan fingerprint density at radius 1 is 0.739 bits per heavy atom. The van der Waals surface area contributed by atoms with Gasteiger partial charge < -0.3 is 0 Å². The first-order chi connectivity index (χ1) is 10.9. The fourth-order valence-corrected chi connectivity index (χ4v) is 17.0. The standard InChI is InChI=1S/C8H18NO.3C4H9.Sn/c1-7(2)9(5-6-10)8(3)4;3*1-3-4-2;/h7-8H,5-6H2,1-4H3;3*1,3-4H2,2H3;/q-1;;;;+1. The summed E-state index contributed by atoms with van der Waals surface area (Å²) in [6.07, 6.45) is 8.14. The average molecular weight is 434 g/mol. The molecular formula is C20H45NOSn. The Morgan fingerprint density at radius 3 is 1.43 bits per heavy atom. The summed E-state index contributed by atoms with van der Waals surface area (Å²) in [5.41, 5.74) is 0. The van der Waals surface area contributed by atoms with Gasteiger partial charge in [0.25, 0.3) is 0 Å². The van der Waals surface area contributed by atoms with Crippen LogP contribution in [0.15, 0.2) is 0 Å². The van der Waals surface area contributed by atoms with Gasteiger partial charge in [-0.05, 0) is 0 Å². The van der Waals surface area contributed by atoms with Crippen molar-refractivity contribution < 1.29 is 3.07 Å². The Morgan fingerprint density at radius 2 is 1.13 bits per heavy atom. The molecule has 0 unspecified atom stereocenters. The van der Waals surface area contributed by atoms with Gasteiger partial charge in [0.05, 0.1) is 0 Å². The summed E-state index contributed by atoms with van der Waals surface area (Å²) in [6.45, 7) is 18.3. The maximum absolute atomic E-state index is 6.84. The van der Waals surface area contributed by atoms with Gasteiger partial charge >= 0.3 is 152 Å². The van der Waals surface area contributed by atoms with E-state index in [0.717, 1.165) is 13.2 Å². The van der Waals surface area contributed by atoms with E-state index in [4.69, 9.17) is 3.07 Å². The van der Waals surface area contributed by atoms with E-state index < -0.39 is 18.8 Å². The van der Waals surface area contributed by atoms with E-state index in [1.54, 1.807) is 0 Å². The minimum absolute atomic E-state index is 0.616. The zero-order valence-corrected chi connectivity index (χ0v) is 20.1. The van der Waals surface area contributed by atoms with Crippen molar-refractivity contribution in [1.82, 2.24) is 4.90 Å². The van der Waals surface area contributed by atoms with Crippen molar-refractivity contribution in [2.75, 3.05) is 13.2 Å². The number of rotatable bonds is 15. The van der Waals surface area contributed by atoms with E-state index in [-0.39, 0.29) is 0 Å². The quantitative estimate of drug-likeness (QED) is 0.274. The van der Waals surface area contributed by atoms with Crippen molar-refractivity contribution in [1.29, 1.82) is 0 Å². The van der Waals surface area contributed by atoms with E-state index in [2.05, 4.69) is 53.4 Å². The molecule has 0 spiro atoms. The molecule has 0 fully saturated rings. The van der Waals surface area contributed by atoms with Gasteiger partial charge in [-0.15, -0.1) is 0 Å². The maximum atomic E-state index is 6.84. The normalized spacial score (nSPS) is 12.8. The molecule has 0 radical (unpaired) electrons. The van der Waals surface area contributed by atoms with Crippen molar-refractivity contribution >= 4 is 18.8 Å². The van der Waals surface area contributed by atoms with Crippen LogP contribution < -0.4 is 0 Å². The summed E-state index contributed by atoms with van der Waals surface area (Å²) in [5, 5.41) is 0. The third kappa shape index (κ3) is 10.3. The molecule has 0 aliphatic rings. The summed E-state index contributed by atoms with van der Waals surface area (Å²) >= 11 is -2.37. The molecule has 0 heterocycles. The van der Waals surface area contributed by atoms with E-state index in [0.29, 0.717) is 12.1 Å². The molecule has 0 saturated heterocycles. The van der Waals surface area contributed by atoms with Crippen LogP contribution in [0.4, 0.5) is 0 Å². The van der Waals surface area contributed by atoms with Crippen molar-refractivity contribution in [3.63, 3.8) is 0 Å². The SMILES string of the molecule is CCC[CH2][Sn]([CH2]CCC)([CH2]CCC)[O]CCN(C(C)C)C(C)C. The molecule has 0 bridgehead atoms. The molecule has 0 N–H and O–H groups in total. The molecule has 0 aliphatic carbocycles. The summed E-state index contributed by atoms with van der Waals surface area (Å²) < 4.78 is 11.2. The van der Waals surface area contributed by atoms with Crippen LogP contribution in [0.5, 0.6) is 0 Å². The Bertz CT molecular complexity index is 239. The molecule has 0 atom stereocenters. The molecule has 0 rings (SSSR count). The predicted molar refractivity (Wildman–Crippen MR) is 108 cm³/mol. The molecule has 0 amide bonds. The van der Waals surface area contributed by atoms with Crippen LogP contribution >= 0.6 is 0 Å². The molecule has 0 aromatic carbocycles. The Kier molecular flexibility index (Phi) is 14.4. The first-order valence-electron chi connectivity index (χ1n) is 10.3. The van der Waals surface area contributed by atoms with Gasteiger partial charge in [0.1, 0.15) is 0 Å². The summed E-state index contributed by atoms with van der Waals surface area (Å²) in [7, 11) is 0. The van der Waals surface area contributed by atoms with Crippen molar-refractivity contribution in [2.24, 2.45) is 0 Å². The fraction of sp³-hybridized carbons (Fsp3) is 1.00. The number of unbranched alkanes of at least 4 members (excludes halogenated alkanes) is 3. The van der Waals surface area contributed by atoms with Crippen LogP contribution in [0, 0.1) is 0 Å². The molecular weight excluding hydrogens is 389 g/mol. The Hall–Kier alpha value is 0.719. The monoisotopic (exact) mass is 435 g/mol. The van der Waals surface area contributed by atoms with Gasteiger partial charge in [-0.3, -0.25) is 0 Å². The van der Waals surface area contributed by atoms with Crippen molar-refractivity contribution in [3.05, 3.63) is 0 Å². The number of hydrogen-bond acceptors (Lipinski definition) is 2. The van der Waals surface area contributed by atoms with Gasteiger partial charge in [-0.25, -0.2) is 0 Å². The third-order valence-corrected chi connectivity index (χ3v) is 18.2. The number of nitrogens with zero attached hydrogens (tertiary/aromatic N) is 1. The predicted octanol–water partition coefficient (Wildman–Crippen LogP) is 6.47. The van der Waals surface area contributed by atoms with Crippen molar-refractivity contribution in [2.45, 2.75) is 112 Å². The van der Waals surface area contributed by atoms with E-state index in [1.165, 1.54) is 51.8 Å². The van der Waals surface area contributed by atoms with Crippen LogP contribution in [0.3, 0.4) is 0 Å². The van der Waals surface area contributed by atoms with Crippen molar-refractivity contribution in [3.8, 4) is 0 Å². The fourth-order valence-electron chi connectivity index (χ4n) is 3.57. The van der Waals surface area contributed by atoms with Gasteiger partial charge in [-0.1, -0.05) is 0 Å². The zero-order chi connectivity index (χ0) is 17.7. The van der Waals surface area contributed by atoms with E-state index in [9.17, 15) is 0 Å². The molecule has 3 heteroatoms. The summed E-state index contributed by atoms with van der Waals surface area (Å²) in [5.74, 6) is 0. The van der Waals surface area contributed by atoms with Gasteiger partial charge in [-0.2, -0.15) is 0 Å². The van der Waals surface area contributed by atoms with E-state index >= 15 is 0 Å². The van der Waals surface area contributed by atoms with Gasteiger partial charge in [0.15, 0.2) is 0 Å². The second-order valence-corrected chi connectivity index (χ2v) is 19.6. The third-order valence-electron chi connectivity index (χ3n) is 5.04. The zero-order valence-electron chi connectivity index (χ0n) is 17.3. The van der Waals surface area contributed by atoms with Crippen LogP contribution in [0.1, 0.15) is 87.0 Å². The topological polar surface area (TPSA) is 12.5 Å². The second-order valence-electron chi connectivity index (χ2n) is 7.77. The van der Waals surface area contributed by atoms with Crippen LogP contribution in [0.25, 0.3) is 0 Å². The average Bonchev–Trinajstić information content (AvgIpc) is 2.51. The molecule has 0 aliphatic heterocycles. The van der Waals surface area contributed by atoms with Gasteiger partial charge in [0, 0.05) is 0 Å². The first-order valence-corrected chi connectivity index (χ1v) is 17.5. The molecule has 140 valence electrons. The summed E-state index contributed by atoms with van der Waals surface area (Å²) in [4.78, 5) is 2.58. The van der Waals surface area contributed by atoms with E-state index in [1.807, 2.05) is 0 Å². The Balaban J connectivity index is 4.73. The molecule has 0 aromatic rings. The molecule has 0 saturated carbocycles. The summed E-state index contributed by atoms with van der Waals surface area (Å²) in [6, 6.07) is 1.23. The Labute approximate surface area is 152 Å². The second kappa shape index (κ2) is 13.9. The van der Waals surface area contributed by atoms with Crippen LogP contribution in [-0.4, -0.2) is 48.9 Å². The van der Waals surface area contributed by atoms with Gasteiger partial charge in [0.2, 0.25) is 0 Å². The molecule has 2 nitrogen and oxygen atoms in total. The van der Waals surface area contributed by atoms with Crippen LogP contribution in [-0.2, 0) is 3.07 Å². The first kappa shape index (κ1) is 23.7. The minimum atomic E-state index is -2.37. The molecule has 23 heavy (non-hydrogen) atoms. The molecule has 0 aromatic heterocycles. The number of hydrogen-bond donors (Lipinski definition) is 0.